The van der Waals surface area contributed by atoms with E-state index in [2.05, 4.69) is 25.9 Å². The molecule has 0 spiro atoms. The van der Waals surface area contributed by atoms with Gasteiger partial charge in [-0.05, 0) is 25.0 Å². The van der Waals surface area contributed by atoms with Gasteiger partial charge in [0.05, 0.1) is 17.7 Å². The second-order valence-corrected chi connectivity index (χ2v) is 7.18. The molecule has 9 nitrogen and oxygen atoms in total. The summed E-state index contributed by atoms with van der Waals surface area (Å²) < 4.78 is 5.78. The molecule has 0 radical (unpaired) electrons. The Bertz CT molecular complexity index is 990. The van der Waals surface area contributed by atoms with Crippen LogP contribution in [0.15, 0.2) is 36.8 Å². The first kappa shape index (κ1) is 19.7. The summed E-state index contributed by atoms with van der Waals surface area (Å²) in [4.78, 5) is 35.1. The first-order valence-corrected chi connectivity index (χ1v) is 9.96. The van der Waals surface area contributed by atoms with E-state index in [1.807, 2.05) is 36.2 Å². The number of nitrogens with one attached hydrogen (secondary N) is 3. The topological polar surface area (TPSA) is 108 Å². The molecule has 3 N–H and O–H groups in total. The molecule has 2 amide bonds. The van der Waals surface area contributed by atoms with E-state index in [1.165, 1.54) is 6.33 Å². The van der Waals surface area contributed by atoms with Gasteiger partial charge in [0.25, 0.3) is 5.91 Å². The number of carbonyl (C=O) groups excluding carboxylic acids is 2. The molecule has 0 unspecified atom stereocenters. The van der Waals surface area contributed by atoms with Crippen molar-refractivity contribution in [3.8, 4) is 5.75 Å². The normalized spacial score (nSPS) is 19.1. The Hall–Kier alpha value is -3.62. The minimum absolute atomic E-state index is 0.0149. The number of benzene rings is 1. The molecule has 3 heterocycles. The number of carbonyl (C=O) groups is 2. The van der Waals surface area contributed by atoms with Crippen LogP contribution in [0.2, 0.25) is 0 Å². The maximum absolute atomic E-state index is 12.6. The van der Waals surface area contributed by atoms with Crippen molar-refractivity contribution in [3.63, 3.8) is 0 Å². The molecule has 1 aromatic heterocycles. The average molecular weight is 408 g/mol. The Morgan fingerprint density at radius 3 is 2.97 bits per heavy atom. The first-order chi connectivity index (χ1) is 14.6. The highest BCUT2D eigenvalue weighted by Crippen LogP contribution is 2.36. The van der Waals surface area contributed by atoms with Crippen molar-refractivity contribution in [2.45, 2.75) is 19.3 Å². The predicted octanol–water partition coefficient (Wildman–Crippen LogP) is 2.00. The Labute approximate surface area is 174 Å². The Morgan fingerprint density at radius 1 is 1.17 bits per heavy atom. The van der Waals surface area contributed by atoms with E-state index in [0.29, 0.717) is 48.9 Å². The van der Waals surface area contributed by atoms with Crippen molar-refractivity contribution >= 4 is 34.7 Å². The van der Waals surface area contributed by atoms with Crippen molar-refractivity contribution in [1.82, 2.24) is 15.3 Å². The van der Waals surface area contributed by atoms with Crippen LogP contribution < -0.4 is 25.6 Å². The van der Waals surface area contributed by atoms with Crippen LogP contribution in [0.25, 0.3) is 5.57 Å². The standard InChI is InChI=1S/C21H24N6O3/c1-27-9-8-22-17(28)7-2-3-10-30-15-6-4-5-14(11-15)23-12-16-18-19(26-21(16)29)24-13-25-20(18)27/h4-6,11-13,23H,2-3,7-10H2,1H3,(H,22,28)(H,24,25,26,29)/b16-12-. The molecule has 2 aromatic rings. The van der Waals surface area contributed by atoms with Gasteiger partial charge in [0.1, 0.15) is 23.7 Å². The van der Waals surface area contributed by atoms with Gasteiger partial charge in [0.2, 0.25) is 5.91 Å². The summed E-state index contributed by atoms with van der Waals surface area (Å²) in [5.74, 6) is 1.59. The Morgan fingerprint density at radius 2 is 2.07 bits per heavy atom. The highest BCUT2D eigenvalue weighted by Gasteiger charge is 2.30. The summed E-state index contributed by atoms with van der Waals surface area (Å²) in [6, 6.07) is 7.53. The molecule has 156 valence electrons. The molecular weight excluding hydrogens is 384 g/mol. The van der Waals surface area contributed by atoms with E-state index >= 15 is 0 Å². The van der Waals surface area contributed by atoms with Gasteiger partial charge < -0.3 is 25.6 Å². The van der Waals surface area contributed by atoms with Gasteiger partial charge in [0, 0.05) is 44.5 Å². The molecule has 4 rings (SSSR count). The van der Waals surface area contributed by atoms with E-state index in [4.69, 9.17) is 4.74 Å². The molecule has 2 aliphatic heterocycles. The lowest BCUT2D eigenvalue weighted by molar-refractivity contribution is -0.121. The summed E-state index contributed by atoms with van der Waals surface area (Å²) >= 11 is 0. The molecule has 0 atom stereocenters. The Balaban J connectivity index is 1.67. The summed E-state index contributed by atoms with van der Waals surface area (Å²) in [5, 5.41) is 8.89. The van der Waals surface area contributed by atoms with Gasteiger partial charge in [-0.15, -0.1) is 0 Å². The molecule has 0 fully saturated rings. The molecule has 30 heavy (non-hydrogen) atoms. The lowest BCUT2D eigenvalue weighted by Crippen LogP contribution is -2.33. The smallest absolute Gasteiger partial charge is 0.259 e. The van der Waals surface area contributed by atoms with Crippen LogP contribution in [0.1, 0.15) is 24.8 Å². The van der Waals surface area contributed by atoms with E-state index in [1.54, 1.807) is 6.20 Å². The maximum Gasteiger partial charge on any atom is 0.259 e. The largest absolute Gasteiger partial charge is 0.494 e. The van der Waals surface area contributed by atoms with E-state index < -0.39 is 0 Å². The minimum atomic E-state index is -0.247. The van der Waals surface area contributed by atoms with Gasteiger partial charge in [-0.1, -0.05) is 6.07 Å². The molecule has 0 aliphatic carbocycles. The number of fused-ring (bicyclic) bond motifs is 2. The zero-order chi connectivity index (χ0) is 20.9. The maximum atomic E-state index is 12.6. The molecule has 0 saturated heterocycles. The van der Waals surface area contributed by atoms with Gasteiger partial charge in [-0.2, -0.15) is 0 Å². The SMILES string of the molecule is CN1CCNC(=O)CCCCOc2cccc(c2)N/C=C2\C(=O)Nc3ncnc1c32. The van der Waals surface area contributed by atoms with Crippen molar-refractivity contribution in [2.24, 2.45) is 0 Å². The first-order valence-electron chi connectivity index (χ1n) is 9.96. The second kappa shape index (κ2) is 8.81. The molecular formula is C21H24N6O3. The summed E-state index contributed by atoms with van der Waals surface area (Å²) in [6.07, 6.45) is 5.10. The van der Waals surface area contributed by atoms with Crippen molar-refractivity contribution in [2.75, 3.05) is 42.3 Å². The number of rotatable bonds is 0. The fourth-order valence-corrected chi connectivity index (χ4v) is 3.40. The number of anilines is 3. The van der Waals surface area contributed by atoms with Crippen molar-refractivity contribution < 1.29 is 14.3 Å². The molecule has 2 bridgehead atoms. The van der Waals surface area contributed by atoms with Crippen LogP contribution >= 0.6 is 0 Å². The van der Waals surface area contributed by atoms with E-state index in [0.717, 1.165) is 24.3 Å². The van der Waals surface area contributed by atoms with Crippen LogP contribution in [0, 0.1) is 0 Å². The Kier molecular flexibility index (Phi) is 5.78. The zero-order valence-electron chi connectivity index (χ0n) is 16.8. The zero-order valence-corrected chi connectivity index (χ0v) is 16.8. The van der Waals surface area contributed by atoms with Crippen LogP contribution in [0.5, 0.6) is 5.75 Å². The van der Waals surface area contributed by atoms with Gasteiger partial charge in [0.15, 0.2) is 0 Å². The monoisotopic (exact) mass is 408 g/mol. The number of nitrogens with zero attached hydrogens (tertiary/aromatic N) is 3. The van der Waals surface area contributed by atoms with Crippen molar-refractivity contribution in [3.05, 3.63) is 42.4 Å². The molecule has 1 aromatic carbocycles. The second-order valence-electron chi connectivity index (χ2n) is 7.18. The molecule has 9 heteroatoms. The van der Waals surface area contributed by atoms with Crippen LogP contribution in [0.3, 0.4) is 0 Å². The third-order valence-electron chi connectivity index (χ3n) is 4.99. The molecule has 2 aliphatic rings. The number of hydrogen-bond acceptors (Lipinski definition) is 7. The third-order valence-corrected chi connectivity index (χ3v) is 4.99. The number of aromatic nitrogens is 2. The number of amides is 2. The fraction of sp³-hybridized carbons (Fsp3) is 0.333. The van der Waals surface area contributed by atoms with Crippen LogP contribution in [-0.4, -0.2) is 48.5 Å². The number of hydrogen-bond donors (Lipinski definition) is 3. The summed E-state index contributed by atoms with van der Waals surface area (Å²) in [7, 11) is 1.88. The lowest BCUT2D eigenvalue weighted by Gasteiger charge is -2.20. The van der Waals surface area contributed by atoms with Gasteiger partial charge in [-0.3, -0.25) is 9.59 Å². The number of ether oxygens (including phenoxy) is 1. The van der Waals surface area contributed by atoms with E-state index in [9.17, 15) is 9.59 Å². The van der Waals surface area contributed by atoms with Crippen LogP contribution in [-0.2, 0) is 9.59 Å². The quantitative estimate of drug-likeness (QED) is 0.612. The highest BCUT2D eigenvalue weighted by molar-refractivity contribution is 6.32. The summed E-state index contributed by atoms with van der Waals surface area (Å²) in [6.45, 7) is 1.57. The average Bonchev–Trinajstić information content (AvgIpc) is 3.06. The number of likely N-dealkylation sites (N-methyl/N-ethyl adjacent to an activating group) is 1. The van der Waals surface area contributed by atoms with Gasteiger partial charge in [-0.25, -0.2) is 9.97 Å². The minimum Gasteiger partial charge on any atom is -0.494 e. The van der Waals surface area contributed by atoms with E-state index in [-0.39, 0.29) is 11.8 Å². The lowest BCUT2D eigenvalue weighted by atomic mass is 10.1. The predicted molar refractivity (Wildman–Crippen MR) is 114 cm³/mol. The summed E-state index contributed by atoms with van der Waals surface area (Å²) in [5.41, 5.74) is 1.88. The fourth-order valence-electron chi connectivity index (χ4n) is 3.40. The van der Waals surface area contributed by atoms with Crippen molar-refractivity contribution in [1.29, 1.82) is 0 Å². The third kappa shape index (κ3) is 4.35. The van der Waals surface area contributed by atoms with Crippen LogP contribution in [0.4, 0.5) is 17.3 Å². The highest BCUT2D eigenvalue weighted by atomic mass is 16.5. The molecule has 0 saturated carbocycles. The van der Waals surface area contributed by atoms with Gasteiger partial charge >= 0.3 is 0 Å².